The minimum Gasteiger partial charge on any atom is -0.368 e. The molecule has 1 aliphatic rings. The molecule has 33 heavy (non-hydrogen) atoms. The Morgan fingerprint density at radius 1 is 1.06 bits per heavy atom. The van der Waals surface area contributed by atoms with Crippen LogP contribution in [-0.2, 0) is 22.5 Å². The van der Waals surface area contributed by atoms with Gasteiger partial charge in [0.25, 0.3) is 0 Å². The molecule has 2 aromatic carbocycles. The van der Waals surface area contributed by atoms with Gasteiger partial charge in [0.1, 0.15) is 11.9 Å². The van der Waals surface area contributed by atoms with Gasteiger partial charge in [-0.15, -0.1) is 0 Å². The highest BCUT2D eigenvalue weighted by Gasteiger charge is 2.26. The Morgan fingerprint density at radius 2 is 1.91 bits per heavy atom. The van der Waals surface area contributed by atoms with Crippen molar-refractivity contribution in [3.8, 4) is 0 Å². The average Bonchev–Trinajstić information content (AvgIpc) is 3.27. The minimum atomic E-state index is -0.259. The fraction of sp³-hybridized carbons (Fsp3) is 0.269. The van der Waals surface area contributed by atoms with Crippen LogP contribution in [0.4, 0.5) is 4.39 Å². The highest BCUT2D eigenvalue weighted by molar-refractivity contribution is 5.77. The summed E-state index contributed by atoms with van der Waals surface area (Å²) in [4.78, 5) is 23.9. The summed E-state index contributed by atoms with van der Waals surface area (Å²) < 4.78 is 21.1. The van der Waals surface area contributed by atoms with E-state index in [9.17, 15) is 9.18 Å². The van der Waals surface area contributed by atoms with Crippen LogP contribution in [0.3, 0.4) is 0 Å². The number of ether oxygens (including phenoxy) is 1. The van der Waals surface area contributed by atoms with Crippen molar-refractivity contribution in [1.82, 2.24) is 19.4 Å². The van der Waals surface area contributed by atoms with Crippen LogP contribution in [0.15, 0.2) is 73.1 Å². The fourth-order valence-corrected chi connectivity index (χ4v) is 4.20. The third kappa shape index (κ3) is 4.93. The van der Waals surface area contributed by atoms with Crippen LogP contribution in [0.2, 0.25) is 0 Å². The standard InChI is InChI=1S/C26H25FN4O2/c27-20-10-8-19(9-11-20)16-21-4-3-6-23(29-21)25-17-30(14-15-33-25)26(32)12-13-31-18-28-22-5-1-2-7-24(22)31/h1-11,18,25H,12-17H2/t25-/m1/s1. The normalized spacial score (nSPS) is 16.3. The zero-order chi connectivity index (χ0) is 22.6. The van der Waals surface area contributed by atoms with E-state index < -0.39 is 0 Å². The molecule has 0 unspecified atom stereocenters. The van der Waals surface area contributed by atoms with Crippen LogP contribution in [-0.4, -0.2) is 45.0 Å². The van der Waals surface area contributed by atoms with E-state index in [1.165, 1.54) is 12.1 Å². The van der Waals surface area contributed by atoms with Crippen LogP contribution in [0.25, 0.3) is 11.0 Å². The summed E-state index contributed by atoms with van der Waals surface area (Å²) in [6.07, 6.45) is 2.55. The van der Waals surface area contributed by atoms with E-state index >= 15 is 0 Å². The van der Waals surface area contributed by atoms with E-state index in [2.05, 4.69) is 4.98 Å². The predicted octanol–water partition coefficient (Wildman–Crippen LogP) is 4.15. The molecule has 2 aromatic heterocycles. The molecule has 1 amide bonds. The predicted molar refractivity (Wildman–Crippen MR) is 123 cm³/mol. The van der Waals surface area contributed by atoms with Gasteiger partial charge in [-0.25, -0.2) is 9.37 Å². The lowest BCUT2D eigenvalue weighted by Gasteiger charge is -2.33. The summed E-state index contributed by atoms with van der Waals surface area (Å²) >= 11 is 0. The lowest BCUT2D eigenvalue weighted by Crippen LogP contribution is -2.42. The number of halogens is 1. The molecule has 0 bridgehead atoms. The maximum atomic E-state index is 13.2. The number of carbonyl (C=O) groups is 1. The highest BCUT2D eigenvalue weighted by atomic mass is 19.1. The van der Waals surface area contributed by atoms with Crippen LogP contribution in [0, 0.1) is 5.82 Å². The number of hydrogen-bond donors (Lipinski definition) is 0. The Hall–Kier alpha value is -3.58. The van der Waals surface area contributed by atoms with Crippen molar-refractivity contribution in [2.45, 2.75) is 25.5 Å². The molecule has 168 valence electrons. The summed E-state index contributed by atoms with van der Waals surface area (Å²) in [7, 11) is 0. The number of imidazole rings is 1. The van der Waals surface area contributed by atoms with Gasteiger partial charge in [0.2, 0.25) is 5.91 Å². The number of nitrogens with zero attached hydrogens (tertiary/aromatic N) is 4. The first-order valence-corrected chi connectivity index (χ1v) is 11.2. The number of aromatic nitrogens is 3. The summed E-state index contributed by atoms with van der Waals surface area (Å²) in [5, 5.41) is 0. The van der Waals surface area contributed by atoms with Gasteiger partial charge < -0.3 is 14.2 Å². The number of carbonyl (C=O) groups excluding carboxylic acids is 1. The monoisotopic (exact) mass is 444 g/mol. The summed E-state index contributed by atoms with van der Waals surface area (Å²) in [6.45, 7) is 2.13. The molecular formula is C26H25FN4O2. The molecule has 6 nitrogen and oxygen atoms in total. The van der Waals surface area contributed by atoms with Crippen molar-refractivity contribution in [1.29, 1.82) is 0 Å². The van der Waals surface area contributed by atoms with Crippen LogP contribution < -0.4 is 0 Å². The third-order valence-corrected chi connectivity index (χ3v) is 5.97. The van der Waals surface area contributed by atoms with E-state index in [1.54, 1.807) is 18.5 Å². The molecule has 1 aliphatic heterocycles. The molecule has 1 atom stereocenters. The SMILES string of the molecule is O=C(CCn1cnc2ccccc21)N1CCO[C@@H](c2cccc(Cc3ccc(F)cc3)n2)C1. The first kappa shape index (κ1) is 21.3. The van der Waals surface area contributed by atoms with Crippen LogP contribution >= 0.6 is 0 Å². The molecule has 0 radical (unpaired) electrons. The highest BCUT2D eigenvalue weighted by Crippen LogP contribution is 2.22. The Bertz CT molecular complexity index is 1250. The molecule has 5 rings (SSSR count). The van der Waals surface area contributed by atoms with Gasteiger partial charge in [0.15, 0.2) is 0 Å². The molecule has 0 saturated carbocycles. The second-order valence-electron chi connectivity index (χ2n) is 8.23. The molecule has 4 aromatic rings. The Kier molecular flexibility index (Phi) is 6.13. The topological polar surface area (TPSA) is 60.2 Å². The van der Waals surface area contributed by atoms with E-state index in [4.69, 9.17) is 9.72 Å². The van der Waals surface area contributed by atoms with Gasteiger partial charge in [-0.1, -0.05) is 30.3 Å². The lowest BCUT2D eigenvalue weighted by molar-refractivity contribution is -0.139. The van der Waals surface area contributed by atoms with Gasteiger partial charge in [-0.2, -0.15) is 0 Å². The van der Waals surface area contributed by atoms with Gasteiger partial charge in [-0.05, 0) is 42.0 Å². The van der Waals surface area contributed by atoms with Crippen molar-refractivity contribution < 1.29 is 13.9 Å². The quantitative estimate of drug-likeness (QED) is 0.448. The van der Waals surface area contributed by atoms with Crippen molar-refractivity contribution >= 4 is 16.9 Å². The van der Waals surface area contributed by atoms with E-state index in [0.29, 0.717) is 39.1 Å². The Labute approximate surface area is 191 Å². The molecule has 0 N–H and O–H groups in total. The summed E-state index contributed by atoms with van der Waals surface area (Å²) in [6, 6.07) is 20.2. The summed E-state index contributed by atoms with van der Waals surface area (Å²) in [5.41, 5.74) is 4.66. The second-order valence-corrected chi connectivity index (χ2v) is 8.23. The number of benzene rings is 2. The molecule has 1 fully saturated rings. The largest absolute Gasteiger partial charge is 0.368 e. The number of amides is 1. The first-order valence-electron chi connectivity index (χ1n) is 11.2. The molecule has 3 heterocycles. The number of fused-ring (bicyclic) bond motifs is 1. The van der Waals surface area contributed by atoms with Gasteiger partial charge in [0, 0.05) is 31.6 Å². The third-order valence-electron chi connectivity index (χ3n) is 5.97. The van der Waals surface area contributed by atoms with Crippen molar-refractivity contribution in [2.24, 2.45) is 0 Å². The maximum Gasteiger partial charge on any atom is 0.224 e. The molecular weight excluding hydrogens is 419 g/mol. The number of hydrogen-bond acceptors (Lipinski definition) is 4. The average molecular weight is 445 g/mol. The van der Waals surface area contributed by atoms with Gasteiger partial charge in [-0.3, -0.25) is 9.78 Å². The minimum absolute atomic E-state index is 0.101. The van der Waals surface area contributed by atoms with E-state index in [-0.39, 0.29) is 17.8 Å². The zero-order valence-corrected chi connectivity index (χ0v) is 18.2. The van der Waals surface area contributed by atoms with Crippen molar-refractivity contribution in [3.05, 3.63) is 95.8 Å². The molecule has 1 saturated heterocycles. The smallest absolute Gasteiger partial charge is 0.224 e. The van der Waals surface area contributed by atoms with Crippen LogP contribution in [0.5, 0.6) is 0 Å². The van der Waals surface area contributed by atoms with Gasteiger partial charge in [0.05, 0.1) is 36.2 Å². The number of aryl methyl sites for hydroxylation is 1. The number of rotatable bonds is 6. The Balaban J connectivity index is 1.22. The Morgan fingerprint density at radius 3 is 2.79 bits per heavy atom. The van der Waals surface area contributed by atoms with E-state index in [1.807, 2.05) is 51.9 Å². The fourth-order valence-electron chi connectivity index (χ4n) is 4.20. The second kappa shape index (κ2) is 9.50. The van der Waals surface area contributed by atoms with Crippen molar-refractivity contribution in [3.63, 3.8) is 0 Å². The number of pyridine rings is 1. The maximum absolute atomic E-state index is 13.2. The first-order chi connectivity index (χ1) is 16.2. The van der Waals surface area contributed by atoms with E-state index in [0.717, 1.165) is 28.0 Å². The molecule has 7 heteroatoms. The lowest BCUT2D eigenvalue weighted by atomic mass is 10.1. The zero-order valence-electron chi connectivity index (χ0n) is 18.2. The molecule has 0 aliphatic carbocycles. The van der Waals surface area contributed by atoms with Gasteiger partial charge >= 0.3 is 0 Å². The van der Waals surface area contributed by atoms with Crippen molar-refractivity contribution in [2.75, 3.05) is 19.7 Å². The number of para-hydroxylation sites is 2. The molecule has 0 spiro atoms. The number of morpholine rings is 1. The summed E-state index contributed by atoms with van der Waals surface area (Å²) in [5.74, 6) is -0.148. The van der Waals surface area contributed by atoms with Crippen LogP contribution in [0.1, 0.15) is 29.5 Å².